The summed E-state index contributed by atoms with van der Waals surface area (Å²) in [4.78, 5) is 14.4. The van der Waals surface area contributed by atoms with Crippen LogP contribution >= 0.6 is 22.9 Å². The van der Waals surface area contributed by atoms with E-state index in [4.69, 9.17) is 26.2 Å². The van der Waals surface area contributed by atoms with E-state index in [0.29, 0.717) is 23.1 Å². The molecule has 3 rings (SSSR count). The number of methoxy groups -OCH3 is 2. The molecule has 1 heterocycles. The summed E-state index contributed by atoms with van der Waals surface area (Å²) in [6, 6.07) is 7.38. The number of carbonyl (C=O) groups is 1. The number of thiazole rings is 1. The number of carboxylic acids is 1. The maximum atomic E-state index is 14.6. The van der Waals surface area contributed by atoms with Crippen molar-refractivity contribution in [3.63, 3.8) is 0 Å². The van der Waals surface area contributed by atoms with Crippen molar-refractivity contribution in [2.45, 2.75) is 11.4 Å². The second kappa shape index (κ2) is 9.08. The van der Waals surface area contributed by atoms with Crippen LogP contribution in [0, 0.1) is 5.82 Å². The molecule has 0 aliphatic carbocycles. The Morgan fingerprint density at radius 1 is 1.23 bits per heavy atom. The number of ether oxygens (including phenoxy) is 2. The van der Waals surface area contributed by atoms with E-state index in [1.807, 2.05) is 0 Å². The Balaban J connectivity index is 2.11. The third-order valence-electron chi connectivity index (χ3n) is 4.23. The van der Waals surface area contributed by atoms with Gasteiger partial charge in [-0.1, -0.05) is 22.9 Å². The highest BCUT2D eigenvalue weighted by atomic mass is 35.5. The Hall–Kier alpha value is -2.89. The van der Waals surface area contributed by atoms with Crippen molar-refractivity contribution in [3.8, 4) is 11.5 Å². The zero-order valence-electron chi connectivity index (χ0n) is 16.2. The van der Waals surface area contributed by atoms with E-state index < -0.39 is 26.7 Å². The standard InChI is InChI=1S/C19H16ClFN2O6S2/c1-28-13-5-3-12(15(8-13)29-2)10-23(19-22-9-17(20)30-19)31(26,27)16-6-4-11(18(24)25)7-14(16)21/h3-9H,10H2,1-2H3,(H,24,25). The van der Waals surface area contributed by atoms with Gasteiger partial charge in [0.2, 0.25) is 5.13 Å². The Morgan fingerprint density at radius 2 is 1.97 bits per heavy atom. The normalized spacial score (nSPS) is 11.2. The maximum Gasteiger partial charge on any atom is 0.335 e. The van der Waals surface area contributed by atoms with E-state index in [2.05, 4.69) is 4.98 Å². The molecule has 0 fully saturated rings. The van der Waals surface area contributed by atoms with Gasteiger partial charge in [-0.2, -0.15) is 0 Å². The average Bonchev–Trinajstić information content (AvgIpc) is 3.17. The van der Waals surface area contributed by atoms with Gasteiger partial charge in [-0.05, 0) is 30.3 Å². The number of aromatic carboxylic acids is 1. The minimum atomic E-state index is -4.48. The van der Waals surface area contributed by atoms with E-state index in [0.717, 1.165) is 27.8 Å². The second-order valence-corrected chi connectivity index (χ2v) is 9.56. The van der Waals surface area contributed by atoms with E-state index in [1.165, 1.54) is 20.4 Å². The van der Waals surface area contributed by atoms with E-state index in [9.17, 15) is 17.6 Å². The van der Waals surface area contributed by atoms with Crippen LogP contribution in [-0.4, -0.2) is 38.7 Å². The minimum absolute atomic E-state index is 0.00424. The molecule has 31 heavy (non-hydrogen) atoms. The van der Waals surface area contributed by atoms with Gasteiger partial charge in [0.1, 0.15) is 26.5 Å². The van der Waals surface area contributed by atoms with E-state index >= 15 is 0 Å². The molecule has 164 valence electrons. The van der Waals surface area contributed by atoms with Gasteiger partial charge < -0.3 is 14.6 Å². The summed E-state index contributed by atoms with van der Waals surface area (Å²) >= 11 is 6.83. The van der Waals surface area contributed by atoms with Crippen molar-refractivity contribution in [3.05, 3.63) is 63.9 Å². The first-order valence-corrected chi connectivity index (χ1v) is 11.2. The summed E-state index contributed by atoms with van der Waals surface area (Å²) in [7, 11) is -1.59. The van der Waals surface area contributed by atoms with Crippen LogP contribution in [0.2, 0.25) is 4.34 Å². The molecule has 0 aliphatic heterocycles. The number of rotatable bonds is 8. The van der Waals surface area contributed by atoms with Crippen molar-refractivity contribution in [2.75, 3.05) is 18.5 Å². The van der Waals surface area contributed by atoms with Gasteiger partial charge >= 0.3 is 5.97 Å². The zero-order chi connectivity index (χ0) is 22.8. The lowest BCUT2D eigenvalue weighted by atomic mass is 10.2. The van der Waals surface area contributed by atoms with E-state index in [1.54, 1.807) is 18.2 Å². The molecule has 0 aliphatic rings. The summed E-state index contributed by atoms with van der Waals surface area (Å²) < 4.78 is 52.9. The number of anilines is 1. The number of benzene rings is 2. The summed E-state index contributed by atoms with van der Waals surface area (Å²) in [5.41, 5.74) is 0.0814. The van der Waals surface area contributed by atoms with Gasteiger partial charge in [0.05, 0.1) is 32.5 Å². The molecule has 8 nitrogen and oxygen atoms in total. The molecule has 0 saturated heterocycles. The number of nitrogens with zero attached hydrogens (tertiary/aromatic N) is 2. The maximum absolute atomic E-state index is 14.6. The largest absolute Gasteiger partial charge is 0.497 e. The molecule has 0 saturated carbocycles. The molecule has 0 radical (unpaired) electrons. The lowest BCUT2D eigenvalue weighted by Gasteiger charge is -2.23. The average molecular weight is 487 g/mol. The predicted molar refractivity (Wildman–Crippen MR) is 113 cm³/mol. The topological polar surface area (TPSA) is 106 Å². The number of halogens is 2. The van der Waals surface area contributed by atoms with Crippen LogP contribution in [0.3, 0.4) is 0 Å². The minimum Gasteiger partial charge on any atom is -0.497 e. The number of aromatic nitrogens is 1. The number of hydrogen-bond donors (Lipinski definition) is 1. The van der Waals surface area contributed by atoms with Gasteiger partial charge in [0, 0.05) is 11.6 Å². The first-order chi connectivity index (χ1) is 14.7. The summed E-state index contributed by atoms with van der Waals surface area (Å²) in [5, 5.41) is 9.02. The lowest BCUT2D eigenvalue weighted by molar-refractivity contribution is 0.0696. The molecule has 0 bridgehead atoms. The highest BCUT2D eigenvalue weighted by Gasteiger charge is 2.31. The summed E-state index contributed by atoms with van der Waals surface area (Å²) in [5.74, 6) is -1.73. The van der Waals surface area contributed by atoms with Gasteiger partial charge in [0.15, 0.2) is 0 Å². The second-order valence-electron chi connectivity index (χ2n) is 6.09. The fraction of sp³-hybridized carbons (Fsp3) is 0.158. The third-order valence-corrected chi connectivity index (χ3v) is 7.26. The van der Waals surface area contributed by atoms with Crippen molar-refractivity contribution in [1.82, 2.24) is 4.98 Å². The van der Waals surface area contributed by atoms with Crippen LogP contribution in [0.4, 0.5) is 9.52 Å². The molecule has 3 aromatic rings. The molecule has 0 atom stereocenters. The number of sulfonamides is 1. The first-order valence-electron chi connectivity index (χ1n) is 8.55. The molecular formula is C19H16ClFN2O6S2. The van der Waals surface area contributed by atoms with Gasteiger partial charge in [-0.25, -0.2) is 26.9 Å². The molecule has 0 amide bonds. The van der Waals surface area contributed by atoms with Crippen LogP contribution in [0.15, 0.2) is 47.5 Å². The third kappa shape index (κ3) is 4.73. The SMILES string of the molecule is COc1ccc(CN(c2ncc(Cl)s2)S(=O)(=O)c2ccc(C(=O)O)cc2F)c(OC)c1. The summed E-state index contributed by atoms with van der Waals surface area (Å²) in [6.45, 7) is -0.251. The van der Waals surface area contributed by atoms with Crippen molar-refractivity contribution >= 4 is 44.1 Å². The van der Waals surface area contributed by atoms with Crippen LogP contribution in [0.25, 0.3) is 0 Å². The van der Waals surface area contributed by atoms with Gasteiger partial charge in [-0.15, -0.1) is 0 Å². The fourth-order valence-corrected chi connectivity index (χ4v) is 5.27. The fourth-order valence-electron chi connectivity index (χ4n) is 2.72. The highest BCUT2D eigenvalue weighted by molar-refractivity contribution is 7.93. The van der Waals surface area contributed by atoms with Gasteiger partial charge in [-0.3, -0.25) is 0 Å². The Bertz CT molecular complexity index is 1230. The molecule has 12 heteroatoms. The van der Waals surface area contributed by atoms with Crippen molar-refractivity contribution < 1.29 is 32.2 Å². The van der Waals surface area contributed by atoms with Crippen molar-refractivity contribution in [1.29, 1.82) is 0 Å². The van der Waals surface area contributed by atoms with Crippen LogP contribution in [0.1, 0.15) is 15.9 Å². The first kappa shape index (κ1) is 22.8. The molecule has 0 spiro atoms. The molecule has 2 aromatic carbocycles. The Morgan fingerprint density at radius 3 is 2.52 bits per heavy atom. The molecular weight excluding hydrogens is 471 g/mol. The van der Waals surface area contributed by atoms with Crippen LogP contribution < -0.4 is 13.8 Å². The Kier molecular flexibility index (Phi) is 6.68. The van der Waals surface area contributed by atoms with Crippen molar-refractivity contribution in [2.24, 2.45) is 0 Å². The smallest absolute Gasteiger partial charge is 0.335 e. The Labute approximate surface area is 186 Å². The lowest BCUT2D eigenvalue weighted by Crippen LogP contribution is -2.31. The monoisotopic (exact) mass is 486 g/mol. The number of hydrogen-bond acceptors (Lipinski definition) is 7. The molecule has 0 unspecified atom stereocenters. The summed E-state index contributed by atoms with van der Waals surface area (Å²) in [6.07, 6.45) is 1.28. The van der Waals surface area contributed by atoms with Crippen LogP contribution in [-0.2, 0) is 16.6 Å². The zero-order valence-corrected chi connectivity index (χ0v) is 18.6. The highest BCUT2D eigenvalue weighted by Crippen LogP contribution is 2.35. The predicted octanol–water partition coefficient (Wildman–Crippen LogP) is 4.05. The van der Waals surface area contributed by atoms with Gasteiger partial charge in [0.25, 0.3) is 10.0 Å². The number of carboxylic acid groups (broad SMARTS) is 1. The molecule has 1 aromatic heterocycles. The quantitative estimate of drug-likeness (QED) is 0.512. The van der Waals surface area contributed by atoms with E-state index in [-0.39, 0.29) is 21.6 Å². The van der Waals surface area contributed by atoms with Crippen LogP contribution in [0.5, 0.6) is 11.5 Å². The molecule has 1 N–H and O–H groups in total.